The molecule has 0 aliphatic rings. The van der Waals surface area contributed by atoms with Gasteiger partial charge in [-0.1, -0.05) is 30.3 Å². The van der Waals surface area contributed by atoms with Gasteiger partial charge in [0.05, 0.1) is 23.4 Å². The van der Waals surface area contributed by atoms with E-state index in [1.54, 1.807) is 11.3 Å². The highest BCUT2D eigenvalue weighted by molar-refractivity contribution is 7.09. The molecule has 6 heteroatoms. The predicted molar refractivity (Wildman–Crippen MR) is 88.1 cm³/mol. The van der Waals surface area contributed by atoms with Crippen molar-refractivity contribution in [3.05, 3.63) is 52.0 Å². The molecule has 0 saturated heterocycles. The number of hydrogen-bond donors (Lipinski definition) is 3. The molecule has 0 bridgehead atoms. The average molecular weight is 319 g/mol. The number of aliphatic hydroxyl groups excluding tert-OH is 1. The minimum Gasteiger partial charge on any atom is -0.394 e. The Morgan fingerprint density at radius 2 is 2.14 bits per heavy atom. The quantitative estimate of drug-likeness (QED) is 0.730. The number of rotatable bonds is 7. The number of benzene rings is 1. The van der Waals surface area contributed by atoms with E-state index in [4.69, 9.17) is 0 Å². The third-order valence-electron chi connectivity index (χ3n) is 3.21. The molecular formula is C16H21N3O2S. The molecule has 1 aromatic carbocycles. The third-order valence-corrected chi connectivity index (χ3v) is 4.04. The second kappa shape index (κ2) is 8.51. The first-order chi connectivity index (χ1) is 10.7. The van der Waals surface area contributed by atoms with Crippen LogP contribution >= 0.6 is 11.3 Å². The van der Waals surface area contributed by atoms with Gasteiger partial charge in [-0.2, -0.15) is 0 Å². The van der Waals surface area contributed by atoms with Crippen LogP contribution in [0.3, 0.4) is 0 Å². The Labute approximate surface area is 134 Å². The van der Waals surface area contributed by atoms with Crippen molar-refractivity contribution in [2.75, 3.05) is 13.2 Å². The van der Waals surface area contributed by atoms with Gasteiger partial charge in [0.1, 0.15) is 0 Å². The summed E-state index contributed by atoms with van der Waals surface area (Å²) in [5.74, 6) is 0. The summed E-state index contributed by atoms with van der Waals surface area (Å²) < 4.78 is 0. The third kappa shape index (κ3) is 5.46. The number of amides is 2. The number of nitrogens with one attached hydrogen (secondary N) is 2. The molecule has 0 radical (unpaired) electrons. The molecule has 1 unspecified atom stereocenters. The molecule has 0 fully saturated rings. The maximum Gasteiger partial charge on any atom is 0.315 e. The largest absolute Gasteiger partial charge is 0.394 e. The normalized spacial score (nSPS) is 11.9. The number of urea groups is 1. The first-order valence-electron chi connectivity index (χ1n) is 7.27. The molecule has 0 aliphatic heterocycles. The molecule has 3 N–H and O–H groups in total. The van der Waals surface area contributed by atoms with Gasteiger partial charge in [0.25, 0.3) is 0 Å². The minimum atomic E-state index is -0.288. The maximum atomic E-state index is 11.8. The summed E-state index contributed by atoms with van der Waals surface area (Å²) >= 11 is 1.61. The minimum absolute atomic E-state index is 0.0897. The van der Waals surface area contributed by atoms with Crippen LogP contribution in [0.2, 0.25) is 0 Å². The highest BCUT2D eigenvalue weighted by Gasteiger charge is 2.11. The molecule has 1 aromatic heterocycles. The van der Waals surface area contributed by atoms with Gasteiger partial charge in [-0.15, -0.1) is 11.3 Å². The van der Waals surface area contributed by atoms with Crippen LogP contribution in [-0.4, -0.2) is 35.3 Å². The van der Waals surface area contributed by atoms with E-state index in [1.165, 1.54) is 0 Å². The predicted octanol–water partition coefficient (Wildman–Crippen LogP) is 1.90. The lowest BCUT2D eigenvalue weighted by molar-refractivity contribution is 0.216. The number of aliphatic hydroxyl groups is 1. The standard InChI is InChI=1S/C16H21N3O2S/c1-12-18-14(11-22-12)7-8-17-16(21)19-15(10-20)9-13-5-3-2-4-6-13/h2-6,11,15,20H,7-10H2,1H3,(H2,17,19,21). The Morgan fingerprint density at radius 3 is 2.77 bits per heavy atom. The number of aromatic nitrogens is 1. The first kappa shape index (κ1) is 16.5. The highest BCUT2D eigenvalue weighted by Crippen LogP contribution is 2.07. The van der Waals surface area contributed by atoms with Gasteiger partial charge < -0.3 is 15.7 Å². The van der Waals surface area contributed by atoms with Crippen molar-refractivity contribution in [3.8, 4) is 0 Å². The maximum absolute atomic E-state index is 11.8. The lowest BCUT2D eigenvalue weighted by Crippen LogP contribution is -2.45. The van der Waals surface area contributed by atoms with Crippen LogP contribution in [0.15, 0.2) is 35.7 Å². The van der Waals surface area contributed by atoms with Crippen LogP contribution in [0.25, 0.3) is 0 Å². The molecule has 1 heterocycles. The lowest BCUT2D eigenvalue weighted by Gasteiger charge is -2.16. The van der Waals surface area contributed by atoms with Gasteiger partial charge >= 0.3 is 6.03 Å². The Morgan fingerprint density at radius 1 is 1.36 bits per heavy atom. The fourth-order valence-electron chi connectivity index (χ4n) is 2.12. The van der Waals surface area contributed by atoms with Crippen molar-refractivity contribution in [1.29, 1.82) is 0 Å². The van der Waals surface area contributed by atoms with Crippen LogP contribution in [0.1, 0.15) is 16.3 Å². The zero-order valence-corrected chi connectivity index (χ0v) is 13.4. The molecule has 0 saturated carbocycles. The van der Waals surface area contributed by atoms with Crippen LogP contribution in [-0.2, 0) is 12.8 Å². The summed E-state index contributed by atoms with van der Waals surface area (Å²) in [6, 6.07) is 9.24. The zero-order chi connectivity index (χ0) is 15.8. The van der Waals surface area contributed by atoms with Crippen molar-refractivity contribution in [3.63, 3.8) is 0 Å². The molecule has 0 spiro atoms. The summed E-state index contributed by atoms with van der Waals surface area (Å²) in [6.45, 7) is 2.40. The van der Waals surface area contributed by atoms with Gasteiger partial charge in [0, 0.05) is 18.3 Å². The SMILES string of the molecule is Cc1nc(CCNC(=O)NC(CO)Cc2ccccc2)cs1. The van der Waals surface area contributed by atoms with E-state index in [2.05, 4.69) is 15.6 Å². The van der Waals surface area contributed by atoms with Gasteiger partial charge in [0.2, 0.25) is 0 Å². The highest BCUT2D eigenvalue weighted by atomic mass is 32.1. The summed E-state index contributed by atoms with van der Waals surface area (Å²) in [6.07, 6.45) is 1.32. The molecular weight excluding hydrogens is 298 g/mol. The lowest BCUT2D eigenvalue weighted by atomic mass is 10.1. The van der Waals surface area contributed by atoms with Crippen LogP contribution in [0.4, 0.5) is 4.79 Å². The fourth-order valence-corrected chi connectivity index (χ4v) is 2.77. The Balaban J connectivity index is 1.72. The van der Waals surface area contributed by atoms with E-state index >= 15 is 0 Å². The Kier molecular flexibility index (Phi) is 6.36. The number of carbonyl (C=O) groups excluding carboxylic acids is 1. The topological polar surface area (TPSA) is 74.2 Å². The molecule has 5 nitrogen and oxygen atoms in total. The Bertz CT molecular complexity index is 586. The van der Waals surface area contributed by atoms with Gasteiger partial charge in [-0.25, -0.2) is 9.78 Å². The van der Waals surface area contributed by atoms with E-state index in [9.17, 15) is 9.90 Å². The molecule has 2 aromatic rings. The summed E-state index contributed by atoms with van der Waals surface area (Å²) in [7, 11) is 0. The van der Waals surface area contributed by atoms with E-state index in [1.807, 2.05) is 42.6 Å². The molecule has 2 amide bonds. The van der Waals surface area contributed by atoms with Crippen LogP contribution < -0.4 is 10.6 Å². The van der Waals surface area contributed by atoms with Crippen molar-refractivity contribution in [2.24, 2.45) is 0 Å². The summed E-state index contributed by atoms with van der Waals surface area (Å²) in [5.41, 5.74) is 2.07. The number of nitrogens with zero attached hydrogens (tertiary/aromatic N) is 1. The van der Waals surface area contributed by atoms with Crippen molar-refractivity contribution < 1.29 is 9.90 Å². The van der Waals surface area contributed by atoms with Crippen LogP contribution in [0.5, 0.6) is 0 Å². The zero-order valence-electron chi connectivity index (χ0n) is 12.6. The second-order valence-electron chi connectivity index (χ2n) is 5.08. The van der Waals surface area contributed by atoms with Crippen molar-refractivity contribution in [2.45, 2.75) is 25.8 Å². The average Bonchev–Trinajstić information content (AvgIpc) is 2.93. The van der Waals surface area contributed by atoms with E-state index in [-0.39, 0.29) is 18.7 Å². The molecule has 22 heavy (non-hydrogen) atoms. The number of carbonyl (C=O) groups is 1. The summed E-state index contributed by atoms with van der Waals surface area (Å²) in [5, 5.41) is 18.0. The molecule has 0 aliphatic carbocycles. The van der Waals surface area contributed by atoms with Gasteiger partial charge in [-0.05, 0) is 18.9 Å². The first-order valence-corrected chi connectivity index (χ1v) is 8.15. The molecule has 118 valence electrons. The second-order valence-corrected chi connectivity index (χ2v) is 6.14. The Hall–Kier alpha value is -1.92. The van der Waals surface area contributed by atoms with Crippen molar-refractivity contribution in [1.82, 2.24) is 15.6 Å². The van der Waals surface area contributed by atoms with E-state index < -0.39 is 0 Å². The molecule has 1 atom stereocenters. The van der Waals surface area contributed by atoms with Crippen molar-refractivity contribution >= 4 is 17.4 Å². The molecule has 2 rings (SSSR count). The van der Waals surface area contributed by atoms with E-state index in [0.717, 1.165) is 16.3 Å². The number of aryl methyl sites for hydroxylation is 1. The summed E-state index contributed by atoms with van der Waals surface area (Å²) in [4.78, 5) is 16.2. The fraction of sp³-hybridized carbons (Fsp3) is 0.375. The smallest absolute Gasteiger partial charge is 0.315 e. The van der Waals surface area contributed by atoms with Gasteiger partial charge in [0.15, 0.2) is 0 Å². The number of hydrogen-bond acceptors (Lipinski definition) is 4. The van der Waals surface area contributed by atoms with E-state index in [0.29, 0.717) is 19.4 Å². The monoisotopic (exact) mass is 319 g/mol. The number of thiazole rings is 1. The van der Waals surface area contributed by atoms with Gasteiger partial charge in [-0.3, -0.25) is 0 Å². The van der Waals surface area contributed by atoms with Crippen LogP contribution in [0, 0.1) is 6.92 Å².